The first-order chi connectivity index (χ1) is 19.8. The van der Waals surface area contributed by atoms with Crippen molar-refractivity contribution in [2.45, 2.75) is 52.4 Å². The summed E-state index contributed by atoms with van der Waals surface area (Å²) in [6.45, 7) is 4.60. The number of hydrogen-bond donors (Lipinski definition) is 0. The lowest BCUT2D eigenvalue weighted by atomic mass is 9.92. The summed E-state index contributed by atoms with van der Waals surface area (Å²) in [7, 11) is 0. The molecule has 7 rings (SSSR count). The Bertz CT molecular complexity index is 1810. The maximum Gasteiger partial charge on any atom is 0.0387 e. The fraction of sp³-hybridized carbons (Fsp3) is 0.211. The smallest absolute Gasteiger partial charge is 0.0387 e. The Morgan fingerprint density at radius 3 is 1.25 bits per heavy atom. The van der Waals surface area contributed by atoms with E-state index in [0.29, 0.717) is 0 Å². The highest BCUT2D eigenvalue weighted by atomic mass is 32.1. The van der Waals surface area contributed by atoms with Crippen molar-refractivity contribution in [3.05, 3.63) is 108 Å². The van der Waals surface area contributed by atoms with Crippen molar-refractivity contribution in [1.29, 1.82) is 0 Å². The quantitative estimate of drug-likeness (QED) is 0.164. The third kappa shape index (κ3) is 4.26. The lowest BCUT2D eigenvalue weighted by Gasteiger charge is -2.11. The summed E-state index contributed by atoms with van der Waals surface area (Å²) in [6.07, 6.45) is 7.11. The van der Waals surface area contributed by atoms with E-state index in [9.17, 15) is 0 Å². The SMILES string of the molecule is CCCCc1c(-c2ccccc2)sc2ccc3c4ccc5sc(-c6ccccc6)c(CCCC)c5c4ccc3c12. The monoisotopic (exact) mass is 554 g/mol. The summed E-state index contributed by atoms with van der Waals surface area (Å²) < 4.78 is 2.81. The van der Waals surface area contributed by atoms with Gasteiger partial charge in [-0.15, -0.1) is 22.7 Å². The number of thiophene rings is 2. The molecule has 2 heterocycles. The molecule has 0 fully saturated rings. The van der Waals surface area contributed by atoms with Gasteiger partial charge in [0, 0.05) is 29.9 Å². The topological polar surface area (TPSA) is 0 Å². The Kier molecular flexibility index (Phi) is 6.91. The van der Waals surface area contributed by atoms with Gasteiger partial charge in [0.15, 0.2) is 0 Å². The standard InChI is InChI=1S/C38H34S2/c1-3-5-17-31-35-29-19-20-30-28(27(29)21-23-33(35)39-37(31)25-13-9-7-10-14-25)22-24-34-36(30)32(18-6-4-2)38(40-34)26-15-11-8-12-16-26/h7-16,19-24H,3-6,17-18H2,1-2H3. The van der Waals surface area contributed by atoms with Crippen molar-refractivity contribution in [2.75, 3.05) is 0 Å². The number of benzene rings is 5. The predicted molar refractivity (Wildman–Crippen MR) is 180 cm³/mol. The number of rotatable bonds is 8. The van der Waals surface area contributed by atoms with Crippen LogP contribution >= 0.6 is 22.7 Å². The molecule has 40 heavy (non-hydrogen) atoms. The van der Waals surface area contributed by atoms with Crippen LogP contribution in [-0.2, 0) is 12.8 Å². The third-order valence-corrected chi connectivity index (χ3v) is 10.8. The van der Waals surface area contributed by atoms with Gasteiger partial charge in [0.2, 0.25) is 0 Å². The van der Waals surface area contributed by atoms with Crippen LogP contribution in [0.3, 0.4) is 0 Å². The van der Waals surface area contributed by atoms with Crippen LogP contribution in [0.25, 0.3) is 62.6 Å². The van der Waals surface area contributed by atoms with Crippen LogP contribution in [0, 0.1) is 0 Å². The molecule has 2 heteroatoms. The van der Waals surface area contributed by atoms with Gasteiger partial charge in [0.25, 0.3) is 0 Å². The van der Waals surface area contributed by atoms with E-state index in [1.165, 1.54) is 99.4 Å². The Morgan fingerprint density at radius 1 is 0.450 bits per heavy atom. The van der Waals surface area contributed by atoms with E-state index in [2.05, 4.69) is 111 Å². The minimum absolute atomic E-state index is 1.13. The molecule has 0 saturated heterocycles. The van der Waals surface area contributed by atoms with Crippen molar-refractivity contribution in [2.24, 2.45) is 0 Å². The summed E-state index contributed by atoms with van der Waals surface area (Å²) >= 11 is 3.93. The molecule has 0 bridgehead atoms. The van der Waals surface area contributed by atoms with Gasteiger partial charge in [-0.2, -0.15) is 0 Å². The molecule has 0 unspecified atom stereocenters. The second kappa shape index (κ2) is 10.8. The van der Waals surface area contributed by atoms with E-state index in [1.807, 2.05) is 22.7 Å². The van der Waals surface area contributed by atoms with Gasteiger partial charge in [0.1, 0.15) is 0 Å². The highest BCUT2D eigenvalue weighted by molar-refractivity contribution is 7.23. The molecule has 2 aromatic heterocycles. The van der Waals surface area contributed by atoms with Gasteiger partial charge < -0.3 is 0 Å². The first kappa shape index (κ1) is 25.5. The van der Waals surface area contributed by atoms with E-state index >= 15 is 0 Å². The molecule has 7 aromatic rings. The van der Waals surface area contributed by atoms with Crippen LogP contribution in [0.5, 0.6) is 0 Å². The van der Waals surface area contributed by atoms with Gasteiger partial charge >= 0.3 is 0 Å². The summed E-state index contributed by atoms with van der Waals surface area (Å²) in [4.78, 5) is 2.89. The second-order valence-corrected chi connectivity index (χ2v) is 13.0. The molecule has 0 saturated carbocycles. The van der Waals surface area contributed by atoms with E-state index < -0.39 is 0 Å². The summed E-state index contributed by atoms with van der Waals surface area (Å²) in [5.74, 6) is 0. The predicted octanol–water partition coefficient (Wildman–Crippen LogP) is 12.4. The molecule has 0 aliphatic heterocycles. The van der Waals surface area contributed by atoms with Gasteiger partial charge in [0.05, 0.1) is 0 Å². The molecule has 0 radical (unpaired) electrons. The van der Waals surface area contributed by atoms with E-state index in [0.717, 1.165) is 12.8 Å². The molecular formula is C38H34S2. The molecule has 0 atom stereocenters. The third-order valence-electron chi connectivity index (χ3n) is 8.33. The highest BCUT2D eigenvalue weighted by Crippen LogP contribution is 2.47. The lowest BCUT2D eigenvalue weighted by molar-refractivity contribution is 0.801. The zero-order valence-corrected chi connectivity index (χ0v) is 24.9. The van der Waals surface area contributed by atoms with Crippen molar-refractivity contribution < 1.29 is 0 Å². The van der Waals surface area contributed by atoms with Crippen molar-refractivity contribution in [3.63, 3.8) is 0 Å². The van der Waals surface area contributed by atoms with E-state index in [-0.39, 0.29) is 0 Å². The molecule has 0 spiro atoms. The molecule has 0 aliphatic carbocycles. The van der Waals surface area contributed by atoms with Crippen LogP contribution in [0.1, 0.15) is 50.7 Å². The Labute approximate surface area is 244 Å². The van der Waals surface area contributed by atoms with Gasteiger partial charge in [-0.25, -0.2) is 0 Å². The molecule has 5 aromatic carbocycles. The van der Waals surface area contributed by atoms with Crippen LogP contribution in [0.2, 0.25) is 0 Å². The zero-order valence-electron chi connectivity index (χ0n) is 23.3. The van der Waals surface area contributed by atoms with Gasteiger partial charge in [-0.3, -0.25) is 0 Å². The molecule has 0 aliphatic rings. The van der Waals surface area contributed by atoms with Crippen molar-refractivity contribution in [1.82, 2.24) is 0 Å². The number of fused-ring (bicyclic) bond motifs is 7. The lowest BCUT2D eigenvalue weighted by Crippen LogP contribution is -1.89. The summed E-state index contributed by atoms with van der Waals surface area (Å²) in [6, 6.07) is 36.4. The molecular weight excluding hydrogens is 521 g/mol. The van der Waals surface area contributed by atoms with Gasteiger partial charge in [-0.1, -0.05) is 112 Å². The number of unbranched alkanes of at least 4 members (excludes halogenated alkanes) is 2. The zero-order chi connectivity index (χ0) is 27.1. The summed E-state index contributed by atoms with van der Waals surface area (Å²) in [5, 5.41) is 8.52. The number of hydrogen-bond acceptors (Lipinski definition) is 2. The van der Waals surface area contributed by atoms with Gasteiger partial charge in [-0.05, 0) is 81.6 Å². The Balaban J connectivity index is 1.51. The largest absolute Gasteiger partial charge is 0.135 e. The Morgan fingerprint density at radius 2 is 0.850 bits per heavy atom. The average Bonchev–Trinajstić information content (AvgIpc) is 3.58. The molecule has 0 nitrogen and oxygen atoms in total. The average molecular weight is 555 g/mol. The van der Waals surface area contributed by atoms with Crippen molar-refractivity contribution in [3.8, 4) is 20.9 Å². The van der Waals surface area contributed by atoms with Crippen LogP contribution < -0.4 is 0 Å². The minimum Gasteiger partial charge on any atom is -0.135 e. The molecule has 0 N–H and O–H groups in total. The fourth-order valence-corrected chi connectivity index (χ4v) is 8.92. The normalized spacial score (nSPS) is 11.8. The maximum atomic E-state index is 2.43. The molecule has 198 valence electrons. The highest BCUT2D eigenvalue weighted by Gasteiger charge is 2.20. The summed E-state index contributed by atoms with van der Waals surface area (Å²) in [5.41, 5.74) is 5.75. The van der Waals surface area contributed by atoms with Crippen molar-refractivity contribution >= 4 is 64.4 Å². The van der Waals surface area contributed by atoms with E-state index in [4.69, 9.17) is 0 Å². The number of aryl methyl sites for hydroxylation is 2. The first-order valence-corrected chi connectivity index (χ1v) is 16.4. The second-order valence-electron chi connectivity index (χ2n) is 10.9. The Hall–Kier alpha value is -3.46. The molecule has 0 amide bonds. The van der Waals surface area contributed by atoms with Crippen LogP contribution in [0.15, 0.2) is 97.1 Å². The van der Waals surface area contributed by atoms with Crippen LogP contribution in [0.4, 0.5) is 0 Å². The van der Waals surface area contributed by atoms with E-state index in [1.54, 1.807) is 0 Å². The fourth-order valence-electron chi connectivity index (χ4n) is 6.37. The van der Waals surface area contributed by atoms with Crippen LogP contribution in [-0.4, -0.2) is 0 Å². The maximum absolute atomic E-state index is 2.43. The first-order valence-electron chi connectivity index (χ1n) is 14.7. The minimum atomic E-state index is 1.13.